The van der Waals surface area contributed by atoms with E-state index >= 15 is 0 Å². The van der Waals surface area contributed by atoms with Crippen molar-refractivity contribution < 1.29 is 9.18 Å². The third-order valence-corrected chi connectivity index (χ3v) is 6.72. The molecule has 1 fully saturated rings. The molecule has 2 heterocycles. The van der Waals surface area contributed by atoms with Gasteiger partial charge in [-0.25, -0.2) is 4.39 Å². The van der Waals surface area contributed by atoms with Gasteiger partial charge in [0.2, 0.25) is 0 Å². The van der Waals surface area contributed by atoms with Gasteiger partial charge in [0.1, 0.15) is 5.82 Å². The number of amides is 1. The second kappa shape index (κ2) is 9.35. The van der Waals surface area contributed by atoms with Crippen molar-refractivity contribution in [2.24, 2.45) is 0 Å². The lowest BCUT2D eigenvalue weighted by molar-refractivity contribution is 0.0746. The lowest BCUT2D eigenvalue weighted by Gasteiger charge is -2.36. The van der Waals surface area contributed by atoms with Crippen LogP contribution in [0.25, 0.3) is 16.9 Å². The molecule has 1 saturated heterocycles. The average molecular weight is 474 g/mol. The SMILES string of the molecule is Cc1c(C(=O)N2CCN(c3ccccc3Cl)CC2)cc(-c2ccccc2)n1-c1ccccc1F. The van der Waals surface area contributed by atoms with Crippen molar-refractivity contribution in [2.45, 2.75) is 6.92 Å². The van der Waals surface area contributed by atoms with Gasteiger partial charge in [-0.15, -0.1) is 0 Å². The molecule has 34 heavy (non-hydrogen) atoms. The van der Waals surface area contributed by atoms with Crippen LogP contribution in [0, 0.1) is 12.7 Å². The van der Waals surface area contributed by atoms with Gasteiger partial charge in [0, 0.05) is 31.9 Å². The van der Waals surface area contributed by atoms with Crippen molar-refractivity contribution in [3.63, 3.8) is 0 Å². The zero-order chi connectivity index (χ0) is 23.7. The molecule has 3 aromatic carbocycles. The van der Waals surface area contributed by atoms with E-state index < -0.39 is 0 Å². The van der Waals surface area contributed by atoms with Crippen LogP contribution >= 0.6 is 11.6 Å². The van der Waals surface area contributed by atoms with Gasteiger partial charge >= 0.3 is 0 Å². The molecule has 0 bridgehead atoms. The van der Waals surface area contributed by atoms with Crippen molar-refractivity contribution >= 4 is 23.2 Å². The molecule has 1 aliphatic heterocycles. The van der Waals surface area contributed by atoms with E-state index in [0.29, 0.717) is 42.5 Å². The summed E-state index contributed by atoms with van der Waals surface area (Å²) in [5.74, 6) is -0.366. The number of aromatic nitrogens is 1. The first-order valence-electron chi connectivity index (χ1n) is 11.4. The molecule has 0 N–H and O–H groups in total. The number of benzene rings is 3. The van der Waals surface area contributed by atoms with Gasteiger partial charge in [-0.1, -0.05) is 66.2 Å². The number of anilines is 1. The van der Waals surface area contributed by atoms with Crippen LogP contribution in [0.1, 0.15) is 16.1 Å². The molecule has 172 valence electrons. The van der Waals surface area contributed by atoms with Crippen LogP contribution in [0.15, 0.2) is 84.9 Å². The predicted molar refractivity (Wildman–Crippen MR) is 135 cm³/mol. The third-order valence-electron chi connectivity index (χ3n) is 6.40. The zero-order valence-electron chi connectivity index (χ0n) is 18.9. The number of carbonyl (C=O) groups is 1. The highest BCUT2D eigenvalue weighted by Crippen LogP contribution is 2.32. The monoisotopic (exact) mass is 473 g/mol. The Bertz CT molecular complexity index is 1330. The summed E-state index contributed by atoms with van der Waals surface area (Å²) in [4.78, 5) is 17.7. The van der Waals surface area contributed by atoms with E-state index in [2.05, 4.69) is 4.90 Å². The molecule has 1 amide bonds. The molecule has 1 aliphatic rings. The number of para-hydroxylation sites is 2. The van der Waals surface area contributed by atoms with Gasteiger partial charge in [0.15, 0.2) is 0 Å². The summed E-state index contributed by atoms with van der Waals surface area (Å²) in [6.07, 6.45) is 0. The fraction of sp³-hybridized carbons (Fsp3) is 0.179. The standard InChI is InChI=1S/C28H25ClFN3O/c1-20-22(28(34)32-17-15-31(16-18-32)25-13-7-5-11-23(25)29)19-27(21-9-3-2-4-10-21)33(20)26-14-8-6-12-24(26)30/h2-14,19H,15-18H2,1H3. The van der Waals surface area contributed by atoms with E-state index in [1.54, 1.807) is 12.1 Å². The second-order valence-corrected chi connectivity index (χ2v) is 8.82. The zero-order valence-corrected chi connectivity index (χ0v) is 19.7. The lowest BCUT2D eigenvalue weighted by Crippen LogP contribution is -2.49. The summed E-state index contributed by atoms with van der Waals surface area (Å²) >= 11 is 6.37. The number of halogens is 2. The van der Waals surface area contributed by atoms with Crippen molar-refractivity contribution in [3.05, 3.63) is 107 Å². The molecule has 0 aliphatic carbocycles. The first-order chi connectivity index (χ1) is 16.5. The fourth-order valence-corrected chi connectivity index (χ4v) is 4.87. The van der Waals surface area contributed by atoms with Crippen LogP contribution < -0.4 is 4.90 Å². The van der Waals surface area contributed by atoms with Gasteiger partial charge in [0.25, 0.3) is 5.91 Å². The molecule has 0 saturated carbocycles. The van der Waals surface area contributed by atoms with Crippen LogP contribution in [-0.2, 0) is 0 Å². The number of hydrogen-bond donors (Lipinski definition) is 0. The smallest absolute Gasteiger partial charge is 0.255 e. The van der Waals surface area contributed by atoms with Crippen LogP contribution in [0.3, 0.4) is 0 Å². The fourth-order valence-electron chi connectivity index (χ4n) is 4.62. The van der Waals surface area contributed by atoms with Gasteiger partial charge in [-0.05, 0) is 42.8 Å². The summed E-state index contributed by atoms with van der Waals surface area (Å²) in [5, 5.41) is 0.715. The van der Waals surface area contributed by atoms with Crippen LogP contribution in [0.4, 0.5) is 10.1 Å². The first-order valence-corrected chi connectivity index (χ1v) is 11.7. The number of nitrogens with zero attached hydrogens (tertiary/aromatic N) is 3. The Morgan fingerprint density at radius 2 is 1.44 bits per heavy atom. The Labute approximate surface area is 203 Å². The van der Waals surface area contributed by atoms with Gasteiger partial charge in [-0.3, -0.25) is 4.79 Å². The second-order valence-electron chi connectivity index (χ2n) is 8.41. The maximum Gasteiger partial charge on any atom is 0.255 e. The van der Waals surface area contributed by atoms with Crippen molar-refractivity contribution in [1.29, 1.82) is 0 Å². The van der Waals surface area contributed by atoms with Crippen LogP contribution in [0.2, 0.25) is 5.02 Å². The third kappa shape index (κ3) is 4.08. The Balaban J connectivity index is 1.47. The highest BCUT2D eigenvalue weighted by molar-refractivity contribution is 6.33. The minimum atomic E-state index is -0.328. The normalized spacial score (nSPS) is 13.9. The molecule has 6 heteroatoms. The number of rotatable bonds is 4. The Hall–Kier alpha value is -3.57. The minimum Gasteiger partial charge on any atom is -0.367 e. The quantitative estimate of drug-likeness (QED) is 0.352. The van der Waals surface area contributed by atoms with E-state index in [1.165, 1.54) is 6.07 Å². The molecule has 4 nitrogen and oxygen atoms in total. The predicted octanol–water partition coefficient (Wildman–Crippen LogP) is 6.21. The summed E-state index contributed by atoms with van der Waals surface area (Å²) in [6.45, 7) is 4.47. The molecule has 0 spiro atoms. The highest BCUT2D eigenvalue weighted by Gasteiger charge is 2.27. The number of carbonyl (C=O) groups excluding carboxylic acids is 1. The number of piperazine rings is 1. The van der Waals surface area contributed by atoms with E-state index in [1.807, 2.05) is 83.1 Å². The molecule has 0 radical (unpaired) electrons. The molecule has 0 atom stereocenters. The maximum absolute atomic E-state index is 14.8. The summed E-state index contributed by atoms with van der Waals surface area (Å²) in [7, 11) is 0. The topological polar surface area (TPSA) is 28.5 Å². The van der Waals surface area contributed by atoms with Crippen LogP contribution in [0.5, 0.6) is 0 Å². The molecular formula is C28H25ClFN3O. The maximum atomic E-state index is 14.8. The molecule has 1 aromatic heterocycles. The Morgan fingerprint density at radius 3 is 2.12 bits per heavy atom. The van der Waals surface area contributed by atoms with E-state index in [9.17, 15) is 9.18 Å². The van der Waals surface area contributed by atoms with Crippen molar-refractivity contribution in [3.8, 4) is 16.9 Å². The first kappa shape index (κ1) is 22.2. The van der Waals surface area contributed by atoms with Crippen molar-refractivity contribution in [2.75, 3.05) is 31.1 Å². The summed E-state index contributed by atoms with van der Waals surface area (Å²) in [5.41, 5.74) is 4.46. The highest BCUT2D eigenvalue weighted by atomic mass is 35.5. The lowest BCUT2D eigenvalue weighted by atomic mass is 10.1. The number of hydrogen-bond acceptors (Lipinski definition) is 2. The minimum absolute atomic E-state index is 0.0384. The van der Waals surface area contributed by atoms with E-state index in [4.69, 9.17) is 11.6 Å². The Kier molecular flexibility index (Phi) is 6.12. The van der Waals surface area contributed by atoms with E-state index in [-0.39, 0.29) is 11.7 Å². The molecular weight excluding hydrogens is 449 g/mol. The molecule has 5 rings (SSSR count). The van der Waals surface area contributed by atoms with Gasteiger partial charge < -0.3 is 14.4 Å². The van der Waals surface area contributed by atoms with Gasteiger partial charge in [0.05, 0.1) is 27.7 Å². The van der Waals surface area contributed by atoms with Crippen LogP contribution in [-0.4, -0.2) is 41.6 Å². The molecule has 4 aromatic rings. The Morgan fingerprint density at radius 1 is 0.824 bits per heavy atom. The average Bonchev–Trinajstić information content (AvgIpc) is 3.21. The van der Waals surface area contributed by atoms with Crippen molar-refractivity contribution in [1.82, 2.24) is 9.47 Å². The van der Waals surface area contributed by atoms with Gasteiger partial charge in [-0.2, -0.15) is 0 Å². The largest absolute Gasteiger partial charge is 0.367 e. The summed E-state index contributed by atoms with van der Waals surface area (Å²) < 4.78 is 16.7. The molecule has 0 unspecified atom stereocenters. The van der Waals surface area contributed by atoms with E-state index in [0.717, 1.165) is 22.6 Å². The summed E-state index contributed by atoms with van der Waals surface area (Å²) in [6, 6.07) is 26.1.